The summed E-state index contributed by atoms with van der Waals surface area (Å²) in [5, 5.41) is 11.8. The predicted molar refractivity (Wildman–Crippen MR) is 167 cm³/mol. The molecule has 2 bridgehead atoms. The number of aromatic amines is 1. The van der Waals surface area contributed by atoms with Gasteiger partial charge in [-0.1, -0.05) is 18.0 Å². The first-order valence-corrected chi connectivity index (χ1v) is 14.5. The maximum atomic E-state index is 13.3. The first-order chi connectivity index (χ1) is 21.2. The number of carbonyl (C=O) groups excluding carboxylic acids is 4. The zero-order valence-electron chi connectivity index (χ0n) is 24.7. The highest BCUT2D eigenvalue weighted by Crippen LogP contribution is 2.33. The average molecular weight is 626 g/mol. The molecule has 0 aliphatic carbocycles. The van der Waals surface area contributed by atoms with Crippen LogP contribution in [0.25, 0.3) is 11.3 Å². The molecule has 2 heterocycles. The Labute approximate surface area is 260 Å². The lowest BCUT2D eigenvalue weighted by Gasteiger charge is -2.25. The van der Waals surface area contributed by atoms with Gasteiger partial charge in [-0.15, -0.1) is 0 Å². The Hall–Kier alpha value is -4.62. The zero-order chi connectivity index (χ0) is 31.6. The van der Waals surface area contributed by atoms with Crippen LogP contribution in [0, 0.1) is 0 Å². The van der Waals surface area contributed by atoms with E-state index in [1.165, 1.54) is 7.11 Å². The van der Waals surface area contributed by atoms with Crippen molar-refractivity contribution in [3.8, 4) is 11.3 Å². The third-order valence-electron chi connectivity index (χ3n) is 7.32. The van der Waals surface area contributed by atoms with Gasteiger partial charge >= 0.3 is 12.1 Å². The van der Waals surface area contributed by atoms with Crippen molar-refractivity contribution in [2.75, 3.05) is 43.8 Å². The van der Waals surface area contributed by atoms with Crippen LogP contribution in [0.4, 0.5) is 26.7 Å². The fourth-order valence-electron chi connectivity index (χ4n) is 4.97. The van der Waals surface area contributed by atoms with Crippen molar-refractivity contribution in [3.05, 3.63) is 59.0 Å². The van der Waals surface area contributed by atoms with E-state index >= 15 is 0 Å². The smallest absolute Gasteiger partial charge is 0.411 e. The molecule has 13 nitrogen and oxygen atoms in total. The molecule has 4 rings (SSSR count). The molecule has 0 radical (unpaired) electrons. The molecule has 234 valence electrons. The number of rotatable bonds is 9. The molecule has 0 spiro atoms. The van der Waals surface area contributed by atoms with E-state index in [4.69, 9.17) is 16.3 Å². The fourth-order valence-corrected chi connectivity index (χ4v) is 5.15. The van der Waals surface area contributed by atoms with E-state index in [0.29, 0.717) is 83.4 Å². The second-order valence-corrected chi connectivity index (χ2v) is 10.7. The number of imidazole rings is 1. The molecule has 3 aromatic rings. The molecule has 2 unspecified atom stereocenters. The Balaban J connectivity index is 1.49. The van der Waals surface area contributed by atoms with Gasteiger partial charge in [-0.25, -0.2) is 14.6 Å². The van der Waals surface area contributed by atoms with E-state index in [2.05, 4.69) is 36.0 Å². The van der Waals surface area contributed by atoms with Gasteiger partial charge in [0.2, 0.25) is 12.3 Å². The van der Waals surface area contributed by atoms with Crippen molar-refractivity contribution < 1.29 is 28.7 Å². The third kappa shape index (κ3) is 8.26. The van der Waals surface area contributed by atoms with Crippen LogP contribution >= 0.6 is 11.6 Å². The second-order valence-electron chi connectivity index (χ2n) is 10.3. The maximum Gasteiger partial charge on any atom is 0.411 e. The maximum absolute atomic E-state index is 13.3. The number of hydrogen-bond acceptors (Lipinski definition) is 7. The average Bonchev–Trinajstić information content (AvgIpc) is 3.49. The van der Waals surface area contributed by atoms with E-state index in [9.17, 15) is 19.2 Å². The van der Waals surface area contributed by atoms with Crippen LogP contribution in [0.15, 0.2) is 42.6 Å². The molecular formula is C30H36ClN7O6. The summed E-state index contributed by atoms with van der Waals surface area (Å²) < 4.78 is 10.3. The summed E-state index contributed by atoms with van der Waals surface area (Å²) in [6.45, 7) is 0.350. The normalized spacial score (nSPS) is 15.4. The summed E-state index contributed by atoms with van der Waals surface area (Å²) in [6, 6.07) is 9.48. The van der Waals surface area contributed by atoms with Gasteiger partial charge in [0.15, 0.2) is 0 Å². The van der Waals surface area contributed by atoms with Crippen LogP contribution in [-0.2, 0) is 19.1 Å². The summed E-state index contributed by atoms with van der Waals surface area (Å²) in [7, 11) is 4.52. The highest BCUT2D eigenvalue weighted by atomic mass is 35.5. The lowest BCUT2D eigenvalue weighted by molar-refractivity contribution is -0.116. The van der Waals surface area contributed by atoms with Gasteiger partial charge in [0.05, 0.1) is 36.8 Å². The van der Waals surface area contributed by atoms with Crippen LogP contribution < -0.4 is 21.3 Å². The van der Waals surface area contributed by atoms with Gasteiger partial charge in [0.1, 0.15) is 5.82 Å². The van der Waals surface area contributed by atoms with Crippen molar-refractivity contribution >= 4 is 53.1 Å². The van der Waals surface area contributed by atoms with E-state index < -0.39 is 18.2 Å². The monoisotopic (exact) mass is 625 g/mol. The van der Waals surface area contributed by atoms with E-state index in [-0.39, 0.29) is 18.4 Å². The Morgan fingerprint density at radius 1 is 1.20 bits per heavy atom. The van der Waals surface area contributed by atoms with Gasteiger partial charge in [-0.2, -0.15) is 0 Å². The molecule has 5 N–H and O–H groups in total. The number of ether oxygens (including phenoxy) is 2. The number of aromatic nitrogens is 2. The Kier molecular flexibility index (Phi) is 11.2. The summed E-state index contributed by atoms with van der Waals surface area (Å²) in [5.74, 6) is 0.413. The number of methoxy groups -OCH3 is 2. The van der Waals surface area contributed by atoms with E-state index in [1.54, 1.807) is 61.7 Å². The quantitative estimate of drug-likeness (QED) is 0.197. The molecular weight excluding hydrogens is 590 g/mol. The van der Waals surface area contributed by atoms with Gasteiger partial charge < -0.3 is 35.3 Å². The molecule has 1 aliphatic heterocycles. The number of urea groups is 1. The first-order valence-electron chi connectivity index (χ1n) is 14.1. The number of amides is 5. The Morgan fingerprint density at radius 2 is 2.02 bits per heavy atom. The minimum Gasteiger partial charge on any atom is -0.453 e. The van der Waals surface area contributed by atoms with Gasteiger partial charge in [-0.3, -0.25) is 14.9 Å². The number of anilines is 3. The largest absolute Gasteiger partial charge is 0.453 e. The van der Waals surface area contributed by atoms with Crippen molar-refractivity contribution in [1.29, 1.82) is 0 Å². The standard InChI is InChI=1S/C30H36ClN7O6/c1-38(13-12-26(43-2)21-14-18(31)8-11-22(21)33-17-39)29(41)37-23-6-4-5-7-27(40)35-24-15-19(34-30(42)44-3)9-10-20(24)25-16-32-28(23)36-25/h8-11,14-17,23,26H,4-7,12-13H2,1-3H3,(H,32,36)(H,33,39)(H,34,42)(H,35,40)(H,37,41). The number of nitrogens with zero attached hydrogens (tertiary/aromatic N) is 2. The fraction of sp³-hybridized carbons (Fsp3) is 0.367. The highest BCUT2D eigenvalue weighted by Gasteiger charge is 2.23. The Morgan fingerprint density at radius 3 is 2.77 bits per heavy atom. The minimum absolute atomic E-state index is 0.166. The number of H-pyrrole nitrogens is 1. The van der Waals surface area contributed by atoms with Crippen molar-refractivity contribution in [2.45, 2.75) is 44.2 Å². The minimum atomic E-state index is -0.626. The van der Waals surface area contributed by atoms with E-state index in [1.807, 2.05) is 0 Å². The van der Waals surface area contributed by atoms with Gasteiger partial charge in [-0.05, 0) is 55.7 Å². The van der Waals surface area contributed by atoms with Gasteiger partial charge in [0, 0.05) is 54.6 Å². The van der Waals surface area contributed by atoms with Crippen LogP contribution in [0.2, 0.25) is 5.02 Å². The SMILES string of the molecule is COC(=O)Nc1ccc2c(c1)NC(=O)CCCCC(NC(=O)N(C)CCC(OC)c1cc(Cl)ccc1NC=O)c1ncc-2[nH]1. The summed E-state index contributed by atoms with van der Waals surface area (Å²) in [6.07, 6.45) is 3.76. The predicted octanol–water partition coefficient (Wildman–Crippen LogP) is 5.45. The second kappa shape index (κ2) is 15.2. The molecule has 44 heavy (non-hydrogen) atoms. The molecule has 0 saturated carbocycles. The van der Waals surface area contributed by atoms with Gasteiger partial charge in [0.25, 0.3) is 0 Å². The van der Waals surface area contributed by atoms with Crippen LogP contribution in [0.5, 0.6) is 0 Å². The molecule has 14 heteroatoms. The topological polar surface area (TPSA) is 167 Å². The van der Waals surface area contributed by atoms with Crippen molar-refractivity contribution in [2.24, 2.45) is 0 Å². The molecule has 2 aromatic carbocycles. The van der Waals surface area contributed by atoms with Crippen LogP contribution in [-0.4, -0.2) is 67.1 Å². The lowest BCUT2D eigenvalue weighted by Crippen LogP contribution is -2.40. The number of benzene rings is 2. The number of nitrogens with one attached hydrogen (secondary N) is 5. The summed E-state index contributed by atoms with van der Waals surface area (Å²) in [5.41, 5.74) is 3.55. The molecule has 5 amide bonds. The molecule has 2 atom stereocenters. The number of halogens is 1. The third-order valence-corrected chi connectivity index (χ3v) is 7.55. The van der Waals surface area contributed by atoms with Crippen LogP contribution in [0.1, 0.15) is 55.6 Å². The van der Waals surface area contributed by atoms with E-state index in [0.717, 1.165) is 0 Å². The zero-order valence-corrected chi connectivity index (χ0v) is 25.5. The Bertz CT molecular complexity index is 1500. The molecule has 0 fully saturated rings. The van der Waals surface area contributed by atoms with Crippen molar-refractivity contribution in [3.63, 3.8) is 0 Å². The summed E-state index contributed by atoms with van der Waals surface area (Å²) >= 11 is 6.19. The van der Waals surface area contributed by atoms with Crippen molar-refractivity contribution in [1.82, 2.24) is 20.2 Å². The number of carbonyl (C=O) groups is 4. The lowest BCUT2D eigenvalue weighted by atomic mass is 10.0. The highest BCUT2D eigenvalue weighted by molar-refractivity contribution is 6.30. The number of fused-ring (bicyclic) bond motifs is 4. The number of hydrogen-bond donors (Lipinski definition) is 5. The molecule has 0 saturated heterocycles. The first kappa shape index (κ1) is 32.3. The van der Waals surface area contributed by atoms with Crippen LogP contribution in [0.3, 0.4) is 0 Å². The molecule has 1 aromatic heterocycles. The molecule has 1 aliphatic rings. The summed E-state index contributed by atoms with van der Waals surface area (Å²) in [4.78, 5) is 58.2.